The molecule has 1 saturated heterocycles. The van der Waals surface area contributed by atoms with Crippen LogP contribution in [-0.2, 0) is 13.5 Å². The Morgan fingerprint density at radius 2 is 2.25 bits per heavy atom. The van der Waals surface area contributed by atoms with Crippen molar-refractivity contribution in [2.75, 3.05) is 6.54 Å². The Morgan fingerprint density at radius 1 is 1.44 bits per heavy atom. The molecule has 1 fully saturated rings. The molecule has 0 aromatic carbocycles. The lowest BCUT2D eigenvalue weighted by atomic mass is 10.0. The van der Waals surface area contributed by atoms with Gasteiger partial charge in [0.1, 0.15) is 5.82 Å². The van der Waals surface area contributed by atoms with Gasteiger partial charge in [0, 0.05) is 13.5 Å². The van der Waals surface area contributed by atoms with Gasteiger partial charge in [-0.2, -0.15) is 5.10 Å². The molecule has 0 spiro atoms. The number of nitrogens with one attached hydrogen (secondary N) is 1. The minimum Gasteiger partial charge on any atom is -0.307 e. The number of hydrogen-bond acceptors (Lipinski definition) is 3. The van der Waals surface area contributed by atoms with E-state index in [1.54, 1.807) is 0 Å². The highest BCUT2D eigenvalue weighted by atomic mass is 15.3. The summed E-state index contributed by atoms with van der Waals surface area (Å²) in [6.45, 7) is 5.51. The second-order valence-corrected chi connectivity index (χ2v) is 5.11. The van der Waals surface area contributed by atoms with Crippen LogP contribution in [0.15, 0.2) is 0 Å². The summed E-state index contributed by atoms with van der Waals surface area (Å²) < 4.78 is 1.95. The molecule has 1 aromatic rings. The van der Waals surface area contributed by atoms with Gasteiger partial charge in [0.15, 0.2) is 5.82 Å². The van der Waals surface area contributed by atoms with Crippen molar-refractivity contribution in [1.29, 1.82) is 0 Å². The third-order valence-corrected chi connectivity index (χ3v) is 3.05. The van der Waals surface area contributed by atoms with Gasteiger partial charge in [-0.15, -0.1) is 0 Å². The normalized spacial score (nSPS) is 21.6. The maximum Gasteiger partial charge on any atom is 0.151 e. The maximum absolute atomic E-state index is 4.66. The number of nitrogens with zero attached hydrogens (tertiary/aromatic N) is 3. The van der Waals surface area contributed by atoms with Gasteiger partial charge in [0.2, 0.25) is 0 Å². The van der Waals surface area contributed by atoms with Crippen molar-refractivity contribution in [2.24, 2.45) is 13.0 Å². The molecule has 0 aliphatic carbocycles. The van der Waals surface area contributed by atoms with Gasteiger partial charge >= 0.3 is 0 Å². The molecular weight excluding hydrogens is 200 g/mol. The number of piperidine rings is 1. The molecule has 4 heteroatoms. The minimum atomic E-state index is 0.409. The highest BCUT2D eigenvalue weighted by molar-refractivity contribution is 5.00. The van der Waals surface area contributed by atoms with E-state index in [2.05, 4.69) is 29.2 Å². The SMILES string of the molecule is CC(C)Cc1nc(C2CCCCN2)n(C)n1. The molecule has 4 nitrogen and oxygen atoms in total. The summed E-state index contributed by atoms with van der Waals surface area (Å²) in [4.78, 5) is 4.66. The van der Waals surface area contributed by atoms with Gasteiger partial charge in [-0.1, -0.05) is 20.3 Å². The average Bonchev–Trinajstić information content (AvgIpc) is 2.60. The molecule has 1 aromatic heterocycles. The number of hydrogen-bond donors (Lipinski definition) is 1. The van der Waals surface area contributed by atoms with Gasteiger partial charge in [-0.25, -0.2) is 4.98 Å². The fourth-order valence-electron chi connectivity index (χ4n) is 2.28. The summed E-state index contributed by atoms with van der Waals surface area (Å²) in [5, 5.41) is 8.01. The second kappa shape index (κ2) is 4.95. The molecule has 0 bridgehead atoms. The molecule has 2 heterocycles. The molecular formula is C12H22N4. The van der Waals surface area contributed by atoms with E-state index in [0.717, 1.165) is 24.6 Å². The highest BCUT2D eigenvalue weighted by Gasteiger charge is 2.20. The lowest BCUT2D eigenvalue weighted by molar-refractivity contribution is 0.386. The van der Waals surface area contributed by atoms with Crippen molar-refractivity contribution in [1.82, 2.24) is 20.1 Å². The summed E-state index contributed by atoms with van der Waals surface area (Å²) >= 11 is 0. The quantitative estimate of drug-likeness (QED) is 0.848. The van der Waals surface area contributed by atoms with Crippen molar-refractivity contribution in [2.45, 2.75) is 45.6 Å². The van der Waals surface area contributed by atoms with Gasteiger partial charge in [0.05, 0.1) is 6.04 Å². The van der Waals surface area contributed by atoms with E-state index < -0.39 is 0 Å². The zero-order chi connectivity index (χ0) is 11.5. The molecule has 1 N–H and O–H groups in total. The molecule has 0 saturated carbocycles. The lowest BCUT2D eigenvalue weighted by Crippen LogP contribution is -2.29. The predicted molar refractivity (Wildman–Crippen MR) is 64.1 cm³/mol. The van der Waals surface area contributed by atoms with Crippen LogP contribution in [0.5, 0.6) is 0 Å². The van der Waals surface area contributed by atoms with Crippen molar-refractivity contribution in [3.8, 4) is 0 Å². The molecule has 1 aliphatic heterocycles. The zero-order valence-corrected chi connectivity index (χ0v) is 10.5. The van der Waals surface area contributed by atoms with Crippen LogP contribution in [0.3, 0.4) is 0 Å². The molecule has 90 valence electrons. The van der Waals surface area contributed by atoms with Crippen molar-refractivity contribution >= 4 is 0 Å². The van der Waals surface area contributed by atoms with Gasteiger partial charge in [-0.05, 0) is 25.3 Å². The molecule has 1 aliphatic rings. The average molecular weight is 222 g/mol. The number of aryl methyl sites for hydroxylation is 1. The van der Waals surface area contributed by atoms with E-state index >= 15 is 0 Å². The van der Waals surface area contributed by atoms with Gasteiger partial charge in [0.25, 0.3) is 0 Å². The van der Waals surface area contributed by atoms with Crippen LogP contribution in [0.2, 0.25) is 0 Å². The van der Waals surface area contributed by atoms with Crippen LogP contribution in [0.1, 0.15) is 50.8 Å². The van der Waals surface area contributed by atoms with E-state index in [0.29, 0.717) is 12.0 Å². The van der Waals surface area contributed by atoms with Gasteiger partial charge < -0.3 is 5.32 Å². The van der Waals surface area contributed by atoms with Crippen LogP contribution in [-0.4, -0.2) is 21.3 Å². The summed E-state index contributed by atoms with van der Waals surface area (Å²) in [5.74, 6) is 2.71. The van der Waals surface area contributed by atoms with Crippen LogP contribution >= 0.6 is 0 Å². The summed E-state index contributed by atoms with van der Waals surface area (Å²) in [7, 11) is 2.00. The van der Waals surface area contributed by atoms with E-state index in [9.17, 15) is 0 Å². The Hall–Kier alpha value is -0.900. The Kier molecular flexibility index (Phi) is 3.59. The van der Waals surface area contributed by atoms with Crippen molar-refractivity contribution in [3.05, 3.63) is 11.6 Å². The lowest BCUT2D eigenvalue weighted by Gasteiger charge is -2.22. The Bertz CT molecular complexity index is 337. The zero-order valence-electron chi connectivity index (χ0n) is 10.5. The maximum atomic E-state index is 4.66. The Labute approximate surface area is 97.5 Å². The predicted octanol–water partition coefficient (Wildman–Crippen LogP) is 1.83. The first-order chi connectivity index (χ1) is 7.66. The fourth-order valence-corrected chi connectivity index (χ4v) is 2.28. The van der Waals surface area contributed by atoms with E-state index in [1.165, 1.54) is 19.3 Å². The second-order valence-electron chi connectivity index (χ2n) is 5.11. The summed E-state index contributed by atoms with van der Waals surface area (Å²) in [5.41, 5.74) is 0. The highest BCUT2D eigenvalue weighted by Crippen LogP contribution is 2.21. The fraction of sp³-hybridized carbons (Fsp3) is 0.833. The molecule has 0 amide bonds. The molecule has 16 heavy (non-hydrogen) atoms. The largest absolute Gasteiger partial charge is 0.307 e. The first kappa shape index (κ1) is 11.6. The van der Waals surface area contributed by atoms with Gasteiger partial charge in [-0.3, -0.25) is 4.68 Å². The Morgan fingerprint density at radius 3 is 2.88 bits per heavy atom. The third-order valence-electron chi connectivity index (χ3n) is 3.05. The summed E-state index contributed by atoms with van der Waals surface area (Å²) in [6.07, 6.45) is 4.74. The third kappa shape index (κ3) is 2.61. The smallest absolute Gasteiger partial charge is 0.151 e. The van der Waals surface area contributed by atoms with Crippen LogP contribution in [0.25, 0.3) is 0 Å². The Balaban J connectivity index is 2.10. The van der Waals surface area contributed by atoms with Crippen molar-refractivity contribution in [3.63, 3.8) is 0 Å². The molecule has 2 rings (SSSR count). The van der Waals surface area contributed by atoms with E-state index in [-0.39, 0.29) is 0 Å². The number of rotatable bonds is 3. The first-order valence-electron chi connectivity index (χ1n) is 6.30. The summed E-state index contributed by atoms with van der Waals surface area (Å²) in [6, 6.07) is 0.409. The first-order valence-corrected chi connectivity index (χ1v) is 6.30. The molecule has 0 radical (unpaired) electrons. The van der Waals surface area contributed by atoms with Crippen LogP contribution < -0.4 is 5.32 Å². The standard InChI is InChI=1S/C12H22N4/c1-9(2)8-11-14-12(16(3)15-11)10-6-4-5-7-13-10/h9-10,13H,4-8H2,1-3H3. The topological polar surface area (TPSA) is 42.7 Å². The van der Waals surface area contributed by atoms with E-state index in [1.807, 2.05) is 11.7 Å². The monoisotopic (exact) mass is 222 g/mol. The van der Waals surface area contributed by atoms with Crippen LogP contribution in [0.4, 0.5) is 0 Å². The van der Waals surface area contributed by atoms with Crippen LogP contribution in [0, 0.1) is 5.92 Å². The molecule has 1 unspecified atom stereocenters. The number of aromatic nitrogens is 3. The minimum absolute atomic E-state index is 0.409. The van der Waals surface area contributed by atoms with Crippen molar-refractivity contribution < 1.29 is 0 Å². The molecule has 1 atom stereocenters. The van der Waals surface area contributed by atoms with E-state index in [4.69, 9.17) is 0 Å².